The average molecular weight is 364 g/mol. The number of halogens is 3. The van der Waals surface area contributed by atoms with Gasteiger partial charge < -0.3 is 9.47 Å². The minimum Gasteiger partial charge on any atom is -0.463 e. The van der Waals surface area contributed by atoms with Gasteiger partial charge in [-0.2, -0.15) is 9.78 Å². The zero-order chi connectivity index (χ0) is 16.3. The highest BCUT2D eigenvalue weighted by Gasteiger charge is 2.20. The Kier molecular flexibility index (Phi) is 5.56. The van der Waals surface area contributed by atoms with E-state index in [0.717, 1.165) is 0 Å². The van der Waals surface area contributed by atoms with Crippen molar-refractivity contribution in [1.29, 1.82) is 0 Å². The maximum atomic E-state index is 11.6. The van der Waals surface area contributed by atoms with Crippen LogP contribution in [0.5, 0.6) is 5.88 Å². The van der Waals surface area contributed by atoms with Crippen molar-refractivity contribution in [2.75, 3.05) is 6.61 Å². The number of carbonyl (C=O) groups excluding carboxylic acids is 1. The summed E-state index contributed by atoms with van der Waals surface area (Å²) < 4.78 is 11.9. The molecule has 0 N–H and O–H groups in total. The fourth-order valence-electron chi connectivity index (χ4n) is 1.73. The van der Waals surface area contributed by atoms with E-state index >= 15 is 0 Å². The summed E-state index contributed by atoms with van der Waals surface area (Å²) in [5.41, 5.74) is 0.493. The molecule has 1 aromatic heterocycles. The monoisotopic (exact) mass is 362 g/mol. The van der Waals surface area contributed by atoms with Crippen molar-refractivity contribution >= 4 is 40.8 Å². The van der Waals surface area contributed by atoms with E-state index in [1.54, 1.807) is 32.0 Å². The standard InChI is InChI=1S/C14H13Cl3N2O3/c1-3-21-14(20)8(2)22-11-6-7-18-19(11)10-5-4-9(15)12(16)13(10)17/h4-8H,3H2,1-2H3. The first-order valence-electron chi connectivity index (χ1n) is 6.46. The van der Waals surface area contributed by atoms with Gasteiger partial charge in [-0.25, -0.2) is 4.79 Å². The minimum atomic E-state index is -0.781. The first-order chi connectivity index (χ1) is 10.5. The van der Waals surface area contributed by atoms with Crippen LogP contribution in [0.2, 0.25) is 15.1 Å². The Morgan fingerprint density at radius 3 is 2.68 bits per heavy atom. The number of nitrogens with zero attached hydrogens (tertiary/aromatic N) is 2. The van der Waals surface area contributed by atoms with E-state index in [2.05, 4.69) is 5.10 Å². The number of aromatic nitrogens is 2. The molecule has 2 rings (SSSR count). The van der Waals surface area contributed by atoms with E-state index in [-0.39, 0.29) is 16.7 Å². The molecule has 0 fully saturated rings. The third-order valence-corrected chi connectivity index (χ3v) is 4.05. The van der Waals surface area contributed by atoms with Crippen molar-refractivity contribution < 1.29 is 14.3 Å². The van der Waals surface area contributed by atoms with Gasteiger partial charge in [0.2, 0.25) is 5.88 Å². The van der Waals surface area contributed by atoms with Crippen LogP contribution in [-0.2, 0) is 9.53 Å². The Morgan fingerprint density at radius 1 is 1.27 bits per heavy atom. The summed E-state index contributed by atoms with van der Waals surface area (Å²) in [5, 5.41) is 4.93. The van der Waals surface area contributed by atoms with Crippen LogP contribution in [0.4, 0.5) is 0 Å². The Morgan fingerprint density at radius 2 is 2.00 bits per heavy atom. The molecule has 1 atom stereocenters. The van der Waals surface area contributed by atoms with Crippen molar-refractivity contribution in [1.82, 2.24) is 9.78 Å². The second-order valence-electron chi connectivity index (χ2n) is 4.29. The smallest absolute Gasteiger partial charge is 0.347 e. The SMILES string of the molecule is CCOC(=O)C(C)Oc1ccnn1-c1ccc(Cl)c(Cl)c1Cl. The van der Waals surface area contributed by atoms with Crippen LogP contribution in [0.3, 0.4) is 0 Å². The molecule has 0 bridgehead atoms. The van der Waals surface area contributed by atoms with E-state index in [0.29, 0.717) is 16.6 Å². The van der Waals surface area contributed by atoms with Crippen LogP contribution >= 0.6 is 34.8 Å². The fourth-order valence-corrected chi connectivity index (χ4v) is 2.34. The fraction of sp³-hybridized carbons (Fsp3) is 0.286. The molecule has 5 nitrogen and oxygen atoms in total. The Hall–Kier alpha value is -1.43. The van der Waals surface area contributed by atoms with E-state index in [4.69, 9.17) is 44.3 Å². The number of benzene rings is 1. The van der Waals surface area contributed by atoms with Crippen molar-refractivity contribution in [3.63, 3.8) is 0 Å². The lowest BCUT2D eigenvalue weighted by molar-refractivity contribution is -0.150. The molecule has 1 heterocycles. The van der Waals surface area contributed by atoms with Gasteiger partial charge in [0.1, 0.15) is 0 Å². The first-order valence-corrected chi connectivity index (χ1v) is 7.60. The van der Waals surface area contributed by atoms with Crippen LogP contribution in [0, 0.1) is 0 Å². The molecule has 0 aliphatic rings. The summed E-state index contributed by atoms with van der Waals surface area (Å²) in [4.78, 5) is 11.6. The molecule has 0 aliphatic heterocycles. The Balaban J connectivity index is 2.31. The molecule has 1 aromatic carbocycles. The van der Waals surface area contributed by atoms with Crippen molar-refractivity contribution in [2.45, 2.75) is 20.0 Å². The molecular weight excluding hydrogens is 351 g/mol. The lowest BCUT2D eigenvalue weighted by Gasteiger charge is -2.15. The maximum absolute atomic E-state index is 11.6. The highest BCUT2D eigenvalue weighted by molar-refractivity contribution is 6.48. The maximum Gasteiger partial charge on any atom is 0.347 e. The van der Waals surface area contributed by atoms with Gasteiger partial charge in [0.05, 0.1) is 33.6 Å². The van der Waals surface area contributed by atoms with Crippen LogP contribution in [0.25, 0.3) is 5.69 Å². The summed E-state index contributed by atoms with van der Waals surface area (Å²) in [7, 11) is 0. The van der Waals surface area contributed by atoms with Crippen molar-refractivity contribution in [3.8, 4) is 11.6 Å². The third kappa shape index (κ3) is 3.48. The molecule has 22 heavy (non-hydrogen) atoms. The molecule has 0 saturated carbocycles. The topological polar surface area (TPSA) is 53.4 Å². The van der Waals surface area contributed by atoms with Gasteiger partial charge in [0, 0.05) is 6.07 Å². The summed E-state index contributed by atoms with van der Waals surface area (Å²) in [5.74, 6) is -0.128. The van der Waals surface area contributed by atoms with Gasteiger partial charge >= 0.3 is 5.97 Å². The van der Waals surface area contributed by atoms with Crippen LogP contribution in [0.15, 0.2) is 24.4 Å². The second kappa shape index (κ2) is 7.22. The van der Waals surface area contributed by atoms with Crippen molar-refractivity contribution in [2.24, 2.45) is 0 Å². The molecule has 0 spiro atoms. The molecule has 0 saturated heterocycles. The number of hydrogen-bond donors (Lipinski definition) is 0. The average Bonchev–Trinajstić information content (AvgIpc) is 2.93. The number of esters is 1. The molecule has 118 valence electrons. The summed E-state index contributed by atoms with van der Waals surface area (Å²) in [6.45, 7) is 3.60. The highest BCUT2D eigenvalue weighted by atomic mass is 35.5. The van der Waals surface area contributed by atoms with Gasteiger partial charge in [0.15, 0.2) is 6.10 Å². The number of hydrogen-bond acceptors (Lipinski definition) is 4. The lowest BCUT2D eigenvalue weighted by atomic mass is 10.3. The molecule has 0 amide bonds. The van der Waals surface area contributed by atoms with Gasteiger partial charge in [-0.1, -0.05) is 34.8 Å². The predicted octanol–water partition coefficient (Wildman–Crippen LogP) is 4.16. The summed E-state index contributed by atoms with van der Waals surface area (Å²) in [6, 6.07) is 4.87. The number of rotatable bonds is 5. The number of ether oxygens (including phenoxy) is 2. The first kappa shape index (κ1) is 16.9. The summed E-state index contributed by atoms with van der Waals surface area (Å²) in [6.07, 6.45) is 0.739. The summed E-state index contributed by atoms with van der Waals surface area (Å²) >= 11 is 18.1. The van der Waals surface area contributed by atoms with Crippen LogP contribution in [0.1, 0.15) is 13.8 Å². The van der Waals surface area contributed by atoms with Gasteiger partial charge in [0.25, 0.3) is 0 Å². The number of carbonyl (C=O) groups is 1. The molecule has 0 radical (unpaired) electrons. The molecule has 1 unspecified atom stereocenters. The van der Waals surface area contributed by atoms with Gasteiger partial charge in [-0.05, 0) is 26.0 Å². The van der Waals surface area contributed by atoms with E-state index in [1.807, 2.05) is 0 Å². The highest BCUT2D eigenvalue weighted by Crippen LogP contribution is 2.35. The van der Waals surface area contributed by atoms with E-state index in [9.17, 15) is 4.79 Å². The predicted molar refractivity (Wildman–Crippen MR) is 85.3 cm³/mol. The van der Waals surface area contributed by atoms with Crippen molar-refractivity contribution in [3.05, 3.63) is 39.5 Å². The molecule has 8 heteroatoms. The minimum absolute atomic E-state index is 0.223. The van der Waals surface area contributed by atoms with E-state index in [1.165, 1.54) is 10.9 Å². The normalized spacial score (nSPS) is 12.0. The van der Waals surface area contributed by atoms with Crippen LogP contribution < -0.4 is 4.74 Å². The lowest BCUT2D eigenvalue weighted by Crippen LogP contribution is -2.27. The Bertz CT molecular complexity index is 688. The molecule has 0 aliphatic carbocycles. The second-order valence-corrected chi connectivity index (χ2v) is 5.45. The van der Waals surface area contributed by atoms with E-state index < -0.39 is 12.1 Å². The van der Waals surface area contributed by atoms with Gasteiger partial charge in [-0.15, -0.1) is 0 Å². The third-order valence-electron chi connectivity index (χ3n) is 2.77. The van der Waals surface area contributed by atoms with Crippen LogP contribution in [-0.4, -0.2) is 28.5 Å². The quantitative estimate of drug-likeness (QED) is 0.591. The molecule has 2 aromatic rings. The largest absolute Gasteiger partial charge is 0.463 e. The molecular formula is C14H13Cl3N2O3. The van der Waals surface area contributed by atoms with Gasteiger partial charge in [-0.3, -0.25) is 0 Å². The zero-order valence-electron chi connectivity index (χ0n) is 11.8. The zero-order valence-corrected chi connectivity index (χ0v) is 14.1. The Labute approximate surface area is 142 Å².